The Morgan fingerprint density at radius 2 is 1.91 bits per heavy atom. The number of amides is 2. The van der Waals surface area contributed by atoms with Crippen molar-refractivity contribution in [1.29, 1.82) is 0 Å². The number of halogens is 1. The summed E-state index contributed by atoms with van der Waals surface area (Å²) in [5.74, 6) is -0.225. The number of carbonyl (C=O) groups is 2. The monoisotopic (exact) mass is 518 g/mol. The third kappa shape index (κ3) is 5.81. The number of thiocarbonyl (C=S) groups is 1. The van der Waals surface area contributed by atoms with Crippen LogP contribution in [0.15, 0.2) is 47.4 Å². The first-order valence-corrected chi connectivity index (χ1v) is 12.2. The number of benzene rings is 2. The lowest BCUT2D eigenvalue weighted by molar-refractivity contribution is -0.381. The normalized spacial score (nSPS) is 19.1. The minimum atomic E-state index is -0.555. The fourth-order valence-electron chi connectivity index (χ4n) is 3.60. The molecule has 11 heteroatoms. The molecule has 4 rings (SSSR count). The van der Waals surface area contributed by atoms with Crippen molar-refractivity contribution >= 4 is 46.4 Å². The van der Waals surface area contributed by atoms with Crippen molar-refractivity contribution in [2.75, 3.05) is 19.8 Å². The summed E-state index contributed by atoms with van der Waals surface area (Å²) < 4.78 is 25.8. The SMILES string of the molecule is CCOON1C(=O)/C(=C\c2ccc(Oc3ccc(CC4COC(=O)N4CC)cc3)cc2F)SC1=S. The van der Waals surface area contributed by atoms with Gasteiger partial charge < -0.3 is 14.4 Å². The van der Waals surface area contributed by atoms with Gasteiger partial charge in [-0.05, 0) is 68.4 Å². The van der Waals surface area contributed by atoms with E-state index in [1.54, 1.807) is 30.0 Å². The molecule has 0 saturated carbocycles. The fourth-order valence-corrected chi connectivity index (χ4v) is 4.72. The summed E-state index contributed by atoms with van der Waals surface area (Å²) >= 11 is 6.09. The maximum atomic E-state index is 14.7. The first kappa shape index (κ1) is 25.1. The molecule has 0 aromatic heterocycles. The highest BCUT2D eigenvalue weighted by atomic mass is 32.2. The van der Waals surface area contributed by atoms with Crippen LogP contribution in [-0.4, -0.2) is 52.1 Å². The number of ether oxygens (including phenoxy) is 2. The number of rotatable bonds is 9. The summed E-state index contributed by atoms with van der Waals surface area (Å²) in [6.07, 6.45) is 1.79. The molecule has 184 valence electrons. The van der Waals surface area contributed by atoms with Crippen LogP contribution in [0.25, 0.3) is 6.08 Å². The van der Waals surface area contributed by atoms with Crippen LogP contribution >= 0.6 is 24.0 Å². The van der Waals surface area contributed by atoms with E-state index >= 15 is 0 Å². The molecule has 0 radical (unpaired) electrons. The second kappa shape index (κ2) is 11.2. The summed E-state index contributed by atoms with van der Waals surface area (Å²) in [7, 11) is 0. The number of hydroxylamine groups is 2. The van der Waals surface area contributed by atoms with Gasteiger partial charge in [-0.25, -0.2) is 14.1 Å². The molecule has 1 atom stereocenters. The van der Waals surface area contributed by atoms with Gasteiger partial charge in [0.2, 0.25) is 0 Å². The fraction of sp³-hybridized carbons (Fsp3) is 0.292. The Kier molecular flexibility index (Phi) is 8.01. The van der Waals surface area contributed by atoms with Gasteiger partial charge in [-0.3, -0.25) is 4.79 Å². The van der Waals surface area contributed by atoms with Crippen LogP contribution in [0, 0.1) is 5.82 Å². The molecule has 0 spiro atoms. The van der Waals surface area contributed by atoms with Crippen LogP contribution in [0.3, 0.4) is 0 Å². The third-order valence-electron chi connectivity index (χ3n) is 5.31. The Labute approximate surface area is 211 Å². The Morgan fingerprint density at radius 3 is 2.60 bits per heavy atom. The third-order valence-corrected chi connectivity index (χ3v) is 6.58. The Bertz CT molecular complexity index is 1160. The van der Waals surface area contributed by atoms with E-state index in [-0.39, 0.29) is 33.5 Å². The first-order chi connectivity index (χ1) is 16.9. The smallest absolute Gasteiger partial charge is 0.410 e. The summed E-state index contributed by atoms with van der Waals surface area (Å²) in [6.45, 7) is 4.84. The van der Waals surface area contributed by atoms with Crippen molar-refractivity contribution in [2.45, 2.75) is 26.3 Å². The number of hydrogen-bond acceptors (Lipinski definition) is 8. The van der Waals surface area contributed by atoms with Gasteiger partial charge in [-0.2, -0.15) is 0 Å². The lowest BCUT2D eigenvalue weighted by Crippen LogP contribution is -2.34. The first-order valence-electron chi connectivity index (χ1n) is 11.0. The molecule has 8 nitrogen and oxygen atoms in total. The molecule has 2 heterocycles. The second-order valence-electron chi connectivity index (χ2n) is 7.61. The predicted octanol–water partition coefficient (Wildman–Crippen LogP) is 5.09. The molecule has 2 saturated heterocycles. The molecule has 2 aromatic rings. The highest BCUT2D eigenvalue weighted by molar-refractivity contribution is 8.26. The Balaban J connectivity index is 1.39. The van der Waals surface area contributed by atoms with E-state index in [0.29, 0.717) is 31.1 Å². The molecule has 2 aromatic carbocycles. The zero-order chi connectivity index (χ0) is 24.9. The van der Waals surface area contributed by atoms with Crippen LogP contribution < -0.4 is 4.74 Å². The van der Waals surface area contributed by atoms with Crippen molar-refractivity contribution in [1.82, 2.24) is 9.96 Å². The van der Waals surface area contributed by atoms with E-state index in [9.17, 15) is 14.0 Å². The number of cyclic esters (lactones) is 1. The second-order valence-corrected chi connectivity index (χ2v) is 9.28. The van der Waals surface area contributed by atoms with Crippen LogP contribution in [0.4, 0.5) is 9.18 Å². The summed E-state index contributed by atoms with van der Waals surface area (Å²) in [6, 6.07) is 11.8. The van der Waals surface area contributed by atoms with Gasteiger partial charge in [0.1, 0.15) is 23.9 Å². The van der Waals surface area contributed by atoms with E-state index in [1.165, 1.54) is 18.2 Å². The molecule has 35 heavy (non-hydrogen) atoms. The Morgan fingerprint density at radius 1 is 1.17 bits per heavy atom. The highest BCUT2D eigenvalue weighted by Crippen LogP contribution is 2.34. The Hall–Kier alpha value is -2.99. The summed E-state index contributed by atoms with van der Waals surface area (Å²) in [5.41, 5.74) is 1.24. The number of hydrogen-bond donors (Lipinski definition) is 0. The molecule has 1 unspecified atom stereocenters. The topological polar surface area (TPSA) is 77.5 Å². The maximum absolute atomic E-state index is 14.7. The molecule has 2 amide bonds. The standard InChI is InChI=1S/C24H23FN2O6S2/c1-3-26-17(14-30-23(26)29)11-15-5-8-18(9-6-15)32-19-10-7-16(20(25)13-19)12-21-22(28)27(24(34)35-21)33-31-4-2/h5-10,12-13,17H,3-4,11,14H2,1-2H3/b21-12+. The maximum Gasteiger partial charge on any atom is 0.410 e. The summed E-state index contributed by atoms with van der Waals surface area (Å²) in [4.78, 5) is 35.7. The van der Waals surface area contributed by atoms with Gasteiger partial charge in [-0.1, -0.05) is 23.9 Å². The molecule has 2 aliphatic rings. The van der Waals surface area contributed by atoms with Gasteiger partial charge in [0.05, 0.1) is 17.6 Å². The van der Waals surface area contributed by atoms with E-state index in [1.807, 2.05) is 19.1 Å². The van der Waals surface area contributed by atoms with Gasteiger partial charge in [-0.15, -0.1) is 10.1 Å². The van der Waals surface area contributed by atoms with Crippen LogP contribution in [0.2, 0.25) is 0 Å². The minimum absolute atomic E-state index is 0.00658. The van der Waals surface area contributed by atoms with Crippen LogP contribution in [-0.2, 0) is 25.8 Å². The van der Waals surface area contributed by atoms with Gasteiger partial charge in [0.25, 0.3) is 5.91 Å². The van der Waals surface area contributed by atoms with Crippen molar-refractivity contribution in [2.24, 2.45) is 0 Å². The van der Waals surface area contributed by atoms with E-state index in [4.69, 9.17) is 31.6 Å². The molecule has 2 aliphatic heterocycles. The molecular weight excluding hydrogens is 495 g/mol. The number of likely N-dealkylation sites (N-methyl/N-ethyl adjacent to an activating group) is 1. The highest BCUT2D eigenvalue weighted by Gasteiger charge is 2.34. The van der Waals surface area contributed by atoms with Gasteiger partial charge in [0, 0.05) is 18.2 Å². The van der Waals surface area contributed by atoms with Gasteiger partial charge in [0.15, 0.2) is 4.32 Å². The molecule has 0 N–H and O–H groups in total. The molecule has 0 aliphatic carbocycles. The van der Waals surface area contributed by atoms with Crippen LogP contribution in [0.5, 0.6) is 11.5 Å². The largest absolute Gasteiger partial charge is 0.457 e. The number of thioether (sulfide) groups is 1. The van der Waals surface area contributed by atoms with Crippen molar-refractivity contribution in [3.8, 4) is 11.5 Å². The zero-order valence-corrected chi connectivity index (χ0v) is 20.7. The van der Waals surface area contributed by atoms with E-state index < -0.39 is 11.7 Å². The lowest BCUT2D eigenvalue weighted by atomic mass is 10.1. The molecular formula is C24H23FN2O6S2. The average Bonchev–Trinajstić information content (AvgIpc) is 3.32. The quantitative estimate of drug-likeness (QED) is 0.197. The van der Waals surface area contributed by atoms with Crippen molar-refractivity contribution in [3.63, 3.8) is 0 Å². The number of carbonyl (C=O) groups excluding carboxylic acids is 2. The van der Waals surface area contributed by atoms with Crippen LogP contribution in [0.1, 0.15) is 25.0 Å². The molecule has 0 bridgehead atoms. The minimum Gasteiger partial charge on any atom is -0.457 e. The van der Waals surface area contributed by atoms with Crippen molar-refractivity contribution < 1.29 is 33.3 Å². The zero-order valence-electron chi connectivity index (χ0n) is 19.1. The molecule has 2 fully saturated rings. The lowest BCUT2D eigenvalue weighted by Gasteiger charge is -2.19. The van der Waals surface area contributed by atoms with Gasteiger partial charge >= 0.3 is 6.09 Å². The predicted molar refractivity (Wildman–Crippen MR) is 132 cm³/mol. The van der Waals surface area contributed by atoms with E-state index in [2.05, 4.69) is 0 Å². The summed E-state index contributed by atoms with van der Waals surface area (Å²) in [5, 5.41) is 0.853. The average molecular weight is 519 g/mol. The van der Waals surface area contributed by atoms with Crippen molar-refractivity contribution in [3.05, 3.63) is 64.3 Å². The van der Waals surface area contributed by atoms with E-state index in [0.717, 1.165) is 22.4 Å². The number of nitrogens with zero attached hydrogens (tertiary/aromatic N) is 2.